The molecule has 0 aliphatic heterocycles. The van der Waals surface area contributed by atoms with E-state index in [-0.39, 0.29) is 5.41 Å². The van der Waals surface area contributed by atoms with Gasteiger partial charge in [-0.05, 0) is 42.0 Å². The molecule has 1 aromatic carbocycles. The molecule has 0 spiro atoms. The first-order chi connectivity index (χ1) is 8.01. The Morgan fingerprint density at radius 1 is 1.06 bits per heavy atom. The summed E-state index contributed by atoms with van der Waals surface area (Å²) in [6.45, 7) is 2.16. The normalized spacial score (nSPS) is 21.2. The van der Waals surface area contributed by atoms with Crippen molar-refractivity contribution in [1.82, 2.24) is 0 Å². The van der Waals surface area contributed by atoms with Gasteiger partial charge in [0.05, 0.1) is 6.10 Å². The molecule has 1 aliphatic rings. The van der Waals surface area contributed by atoms with Gasteiger partial charge in [0.15, 0.2) is 0 Å². The topological polar surface area (TPSA) is 20.2 Å². The van der Waals surface area contributed by atoms with Gasteiger partial charge in [-0.3, -0.25) is 0 Å². The highest BCUT2D eigenvalue weighted by Crippen LogP contribution is 2.46. The molecule has 0 amide bonds. The summed E-state index contributed by atoms with van der Waals surface area (Å²) in [4.78, 5) is 0. The Bertz CT molecular complexity index is 377. The van der Waals surface area contributed by atoms with Gasteiger partial charge in [0.1, 0.15) is 0 Å². The van der Waals surface area contributed by atoms with E-state index in [4.69, 9.17) is 23.2 Å². The van der Waals surface area contributed by atoms with E-state index in [1.54, 1.807) is 6.07 Å². The van der Waals surface area contributed by atoms with E-state index in [2.05, 4.69) is 6.92 Å². The molecule has 0 bridgehead atoms. The molecular formula is C14H18Cl2O. The lowest BCUT2D eigenvalue weighted by atomic mass is 9.70. The summed E-state index contributed by atoms with van der Waals surface area (Å²) in [6, 6.07) is 5.33. The van der Waals surface area contributed by atoms with Crippen LogP contribution in [0.5, 0.6) is 0 Å². The maximum absolute atomic E-state index is 10.5. The molecular weight excluding hydrogens is 255 g/mol. The van der Waals surface area contributed by atoms with Crippen molar-refractivity contribution in [2.45, 2.75) is 45.1 Å². The summed E-state index contributed by atoms with van der Waals surface area (Å²) in [5.41, 5.74) is 0.804. The molecule has 17 heavy (non-hydrogen) atoms. The average molecular weight is 273 g/mol. The van der Waals surface area contributed by atoms with Crippen molar-refractivity contribution in [2.24, 2.45) is 5.41 Å². The number of benzene rings is 1. The monoisotopic (exact) mass is 272 g/mol. The lowest BCUT2D eigenvalue weighted by Gasteiger charge is -2.38. The smallest absolute Gasteiger partial charge is 0.0844 e. The summed E-state index contributed by atoms with van der Waals surface area (Å²) >= 11 is 12.0. The third-order valence-corrected chi connectivity index (χ3v) is 4.29. The molecule has 0 radical (unpaired) electrons. The zero-order chi connectivity index (χ0) is 12.5. The zero-order valence-corrected chi connectivity index (χ0v) is 11.6. The third kappa shape index (κ3) is 2.96. The lowest BCUT2D eigenvalue weighted by molar-refractivity contribution is 0.00820. The molecule has 1 fully saturated rings. The van der Waals surface area contributed by atoms with Crippen LogP contribution in [0, 0.1) is 5.41 Å². The Balaban J connectivity index is 2.26. The summed E-state index contributed by atoms with van der Waals surface area (Å²) in [6.07, 6.45) is 5.33. The Labute approximate surface area is 113 Å². The Morgan fingerprint density at radius 2 is 1.59 bits per heavy atom. The first-order valence-corrected chi connectivity index (χ1v) is 6.91. The van der Waals surface area contributed by atoms with Gasteiger partial charge in [-0.25, -0.2) is 0 Å². The minimum Gasteiger partial charge on any atom is -0.388 e. The minimum atomic E-state index is -0.473. The number of hydrogen-bond donors (Lipinski definition) is 1. The van der Waals surface area contributed by atoms with E-state index in [1.807, 2.05) is 12.1 Å². The fraction of sp³-hybridized carbons (Fsp3) is 0.571. The van der Waals surface area contributed by atoms with Gasteiger partial charge in [0.25, 0.3) is 0 Å². The van der Waals surface area contributed by atoms with Crippen LogP contribution >= 0.6 is 23.2 Å². The fourth-order valence-electron chi connectivity index (χ4n) is 2.77. The Morgan fingerprint density at radius 3 is 2.12 bits per heavy atom. The van der Waals surface area contributed by atoms with E-state index in [9.17, 15) is 5.11 Å². The second kappa shape index (κ2) is 5.17. The molecule has 1 saturated carbocycles. The Kier molecular flexibility index (Phi) is 4.02. The van der Waals surface area contributed by atoms with Crippen molar-refractivity contribution in [1.29, 1.82) is 0 Å². The first-order valence-electron chi connectivity index (χ1n) is 6.15. The summed E-state index contributed by atoms with van der Waals surface area (Å²) in [5.74, 6) is 0. The van der Waals surface area contributed by atoms with Crippen LogP contribution in [-0.4, -0.2) is 5.11 Å². The summed E-state index contributed by atoms with van der Waals surface area (Å²) in [7, 11) is 0. The molecule has 1 aromatic rings. The molecule has 1 N–H and O–H groups in total. The van der Waals surface area contributed by atoms with Gasteiger partial charge in [0.2, 0.25) is 0 Å². The van der Waals surface area contributed by atoms with Crippen LogP contribution < -0.4 is 0 Å². The van der Waals surface area contributed by atoms with Crippen LogP contribution in [0.3, 0.4) is 0 Å². The van der Waals surface area contributed by atoms with Crippen LogP contribution in [-0.2, 0) is 0 Å². The third-order valence-electron chi connectivity index (χ3n) is 3.86. The molecule has 0 aromatic heterocycles. The molecule has 1 aliphatic carbocycles. The van der Waals surface area contributed by atoms with Crippen LogP contribution in [0.1, 0.15) is 50.7 Å². The van der Waals surface area contributed by atoms with Crippen LogP contribution in [0.4, 0.5) is 0 Å². The van der Waals surface area contributed by atoms with Gasteiger partial charge in [-0.15, -0.1) is 0 Å². The molecule has 0 saturated heterocycles. The molecule has 0 heterocycles. The van der Waals surface area contributed by atoms with Crippen LogP contribution in [0.25, 0.3) is 0 Å². The maximum atomic E-state index is 10.5. The largest absolute Gasteiger partial charge is 0.388 e. The van der Waals surface area contributed by atoms with Gasteiger partial charge >= 0.3 is 0 Å². The van der Waals surface area contributed by atoms with Crippen molar-refractivity contribution in [3.63, 3.8) is 0 Å². The van der Waals surface area contributed by atoms with Crippen molar-refractivity contribution in [3.05, 3.63) is 33.8 Å². The molecule has 1 nitrogen and oxygen atoms in total. The van der Waals surface area contributed by atoms with Crippen molar-refractivity contribution >= 4 is 23.2 Å². The van der Waals surface area contributed by atoms with Gasteiger partial charge in [0, 0.05) is 10.0 Å². The SMILES string of the molecule is CC1(C(O)c2cc(Cl)cc(Cl)c2)CCCCC1. The number of halogens is 2. The number of hydrogen-bond acceptors (Lipinski definition) is 1. The van der Waals surface area contributed by atoms with E-state index in [1.165, 1.54) is 19.3 Å². The van der Waals surface area contributed by atoms with E-state index < -0.39 is 6.10 Å². The second-order valence-electron chi connectivity index (χ2n) is 5.32. The first kappa shape index (κ1) is 13.2. The minimum absolute atomic E-state index is 0.0355. The quantitative estimate of drug-likeness (QED) is 0.804. The van der Waals surface area contributed by atoms with Crippen molar-refractivity contribution in [2.75, 3.05) is 0 Å². The van der Waals surface area contributed by atoms with E-state index in [0.29, 0.717) is 10.0 Å². The highest BCUT2D eigenvalue weighted by atomic mass is 35.5. The number of rotatable bonds is 2. The fourth-order valence-corrected chi connectivity index (χ4v) is 3.31. The van der Waals surface area contributed by atoms with Crippen molar-refractivity contribution < 1.29 is 5.11 Å². The second-order valence-corrected chi connectivity index (χ2v) is 6.19. The van der Waals surface area contributed by atoms with E-state index >= 15 is 0 Å². The summed E-state index contributed by atoms with van der Waals surface area (Å²) < 4.78 is 0. The molecule has 2 rings (SSSR count). The predicted molar refractivity (Wildman–Crippen MR) is 72.6 cm³/mol. The highest BCUT2D eigenvalue weighted by molar-refractivity contribution is 6.34. The van der Waals surface area contributed by atoms with Gasteiger partial charge < -0.3 is 5.11 Å². The predicted octanol–water partition coefficient (Wildman–Crippen LogP) is 5.00. The Hall–Kier alpha value is -0.240. The van der Waals surface area contributed by atoms with Gasteiger partial charge in [-0.2, -0.15) is 0 Å². The molecule has 1 unspecified atom stereocenters. The zero-order valence-electron chi connectivity index (χ0n) is 10.0. The van der Waals surface area contributed by atoms with E-state index in [0.717, 1.165) is 18.4 Å². The number of aliphatic hydroxyl groups is 1. The average Bonchev–Trinajstić information content (AvgIpc) is 2.27. The number of aliphatic hydroxyl groups excluding tert-OH is 1. The molecule has 3 heteroatoms. The maximum Gasteiger partial charge on any atom is 0.0844 e. The molecule has 1 atom stereocenters. The van der Waals surface area contributed by atoms with Crippen LogP contribution in [0.15, 0.2) is 18.2 Å². The summed E-state index contributed by atoms with van der Waals surface area (Å²) in [5, 5.41) is 11.7. The lowest BCUT2D eigenvalue weighted by Crippen LogP contribution is -2.28. The van der Waals surface area contributed by atoms with Crippen LogP contribution in [0.2, 0.25) is 10.0 Å². The van der Waals surface area contributed by atoms with Gasteiger partial charge in [-0.1, -0.05) is 49.4 Å². The molecule has 94 valence electrons. The highest BCUT2D eigenvalue weighted by Gasteiger charge is 2.35. The standard InChI is InChI=1S/C14H18Cl2O/c1-14(5-3-2-4-6-14)13(17)10-7-11(15)9-12(16)8-10/h7-9,13,17H,2-6H2,1H3. The van der Waals surface area contributed by atoms with Crippen molar-refractivity contribution in [3.8, 4) is 0 Å².